The van der Waals surface area contributed by atoms with Gasteiger partial charge in [-0.25, -0.2) is 0 Å². The van der Waals surface area contributed by atoms with E-state index in [1.165, 1.54) is 6.07 Å². The number of anilines is 1. The Hall–Kier alpha value is -1.23. The molecule has 0 fully saturated rings. The molecule has 15 heavy (non-hydrogen) atoms. The van der Waals surface area contributed by atoms with Gasteiger partial charge in [-0.3, -0.25) is 4.79 Å². The van der Waals surface area contributed by atoms with Gasteiger partial charge < -0.3 is 15.5 Å². The Bertz CT molecular complexity index is 445. The van der Waals surface area contributed by atoms with Gasteiger partial charge in [0.2, 0.25) is 0 Å². The van der Waals surface area contributed by atoms with Crippen LogP contribution >= 0.6 is 15.9 Å². The topological polar surface area (TPSA) is 69.6 Å². The maximum atomic E-state index is 11.7. The lowest BCUT2D eigenvalue weighted by molar-refractivity contribution is 0.0972. The number of aromatic hydroxyl groups is 2. The normalized spacial score (nSPS) is 19.6. The minimum atomic E-state index is -0.200. The summed E-state index contributed by atoms with van der Waals surface area (Å²) >= 11 is 3.02. The zero-order valence-electron chi connectivity index (χ0n) is 8.04. The second kappa shape index (κ2) is 3.41. The number of ketones is 1. The highest BCUT2D eigenvalue weighted by Crippen LogP contribution is 2.42. The van der Waals surface area contributed by atoms with E-state index >= 15 is 0 Å². The number of halogens is 1. The molecular weight excluding hydrogens is 262 g/mol. The molecule has 0 bridgehead atoms. The lowest BCUT2D eigenvalue weighted by Gasteiger charge is -2.24. The van der Waals surface area contributed by atoms with Gasteiger partial charge in [-0.15, -0.1) is 0 Å². The smallest absolute Gasteiger partial charge is 0.170 e. The lowest BCUT2D eigenvalue weighted by Crippen LogP contribution is -2.26. The van der Waals surface area contributed by atoms with Crippen molar-refractivity contribution < 1.29 is 15.0 Å². The molecule has 0 saturated heterocycles. The Morgan fingerprint density at radius 3 is 2.87 bits per heavy atom. The van der Waals surface area contributed by atoms with E-state index in [-0.39, 0.29) is 33.4 Å². The summed E-state index contributed by atoms with van der Waals surface area (Å²) in [5, 5.41) is 22.2. The summed E-state index contributed by atoms with van der Waals surface area (Å²) in [6.45, 7) is 1.87. The SMILES string of the molecule is CC1CC(=O)c2c(cc(O)c(Br)c2O)N1. The summed E-state index contributed by atoms with van der Waals surface area (Å²) in [5.74, 6) is -0.399. The van der Waals surface area contributed by atoms with Gasteiger partial charge in [0.25, 0.3) is 0 Å². The van der Waals surface area contributed by atoms with Crippen molar-refractivity contribution in [2.24, 2.45) is 0 Å². The summed E-state index contributed by atoms with van der Waals surface area (Å²) in [7, 11) is 0. The third-order valence-corrected chi connectivity index (χ3v) is 3.17. The van der Waals surface area contributed by atoms with Crippen LogP contribution in [0.25, 0.3) is 0 Å². The van der Waals surface area contributed by atoms with Gasteiger partial charge in [-0.1, -0.05) is 0 Å². The Labute approximate surface area is 95.1 Å². The average molecular weight is 272 g/mol. The number of benzene rings is 1. The first-order valence-electron chi connectivity index (χ1n) is 4.55. The summed E-state index contributed by atoms with van der Waals surface area (Å²) in [6, 6.07) is 1.46. The van der Waals surface area contributed by atoms with E-state index in [9.17, 15) is 15.0 Å². The third-order valence-electron chi connectivity index (χ3n) is 2.39. The quantitative estimate of drug-likeness (QED) is 0.677. The Morgan fingerprint density at radius 2 is 2.20 bits per heavy atom. The first kappa shape index (κ1) is 10.3. The van der Waals surface area contributed by atoms with E-state index in [4.69, 9.17) is 0 Å². The highest BCUT2D eigenvalue weighted by atomic mass is 79.9. The van der Waals surface area contributed by atoms with Crippen LogP contribution in [0.4, 0.5) is 5.69 Å². The number of phenolic OH excluding ortho intramolecular Hbond substituents is 2. The number of phenols is 2. The maximum Gasteiger partial charge on any atom is 0.170 e. The average Bonchev–Trinajstić information content (AvgIpc) is 2.13. The molecule has 1 heterocycles. The van der Waals surface area contributed by atoms with Crippen LogP contribution in [-0.4, -0.2) is 22.0 Å². The molecule has 1 atom stereocenters. The molecular formula is C10H10BrNO3. The molecule has 4 nitrogen and oxygen atoms in total. The van der Waals surface area contributed by atoms with Gasteiger partial charge >= 0.3 is 0 Å². The molecule has 1 aromatic rings. The van der Waals surface area contributed by atoms with Crippen molar-refractivity contribution in [2.75, 3.05) is 5.32 Å². The molecule has 3 N–H and O–H groups in total. The number of Topliss-reactive ketones (excluding diaryl/α,β-unsaturated/α-hetero) is 1. The van der Waals surface area contributed by atoms with Gasteiger partial charge in [0, 0.05) is 18.5 Å². The van der Waals surface area contributed by atoms with Crippen molar-refractivity contribution in [3.8, 4) is 11.5 Å². The summed E-state index contributed by atoms with van der Waals surface area (Å²) in [4.78, 5) is 11.7. The molecule has 0 saturated carbocycles. The minimum absolute atomic E-state index is 0.0185. The molecule has 1 aromatic carbocycles. The number of carbonyl (C=O) groups excluding carboxylic acids is 1. The summed E-state index contributed by atoms with van der Waals surface area (Å²) < 4.78 is 0.158. The molecule has 0 radical (unpaired) electrons. The van der Waals surface area contributed by atoms with Gasteiger partial charge in [0.05, 0.1) is 11.3 Å². The van der Waals surface area contributed by atoms with Crippen molar-refractivity contribution in [1.29, 1.82) is 0 Å². The number of hydrogen-bond donors (Lipinski definition) is 3. The second-order valence-corrected chi connectivity index (χ2v) is 4.45. The predicted molar refractivity (Wildman–Crippen MR) is 59.5 cm³/mol. The third kappa shape index (κ3) is 1.56. The number of nitrogens with one attached hydrogen (secondary N) is 1. The molecule has 0 aromatic heterocycles. The van der Waals surface area contributed by atoms with Crippen LogP contribution in [0, 0.1) is 0 Å². The molecule has 5 heteroatoms. The summed E-state index contributed by atoms with van der Waals surface area (Å²) in [5.41, 5.74) is 0.731. The van der Waals surface area contributed by atoms with Crippen molar-refractivity contribution in [2.45, 2.75) is 19.4 Å². The number of hydrogen-bond acceptors (Lipinski definition) is 4. The Morgan fingerprint density at radius 1 is 1.53 bits per heavy atom. The molecule has 0 amide bonds. The largest absolute Gasteiger partial charge is 0.507 e. The van der Waals surface area contributed by atoms with Crippen LogP contribution in [0.3, 0.4) is 0 Å². The van der Waals surface area contributed by atoms with Gasteiger partial charge in [0.1, 0.15) is 16.0 Å². The zero-order chi connectivity index (χ0) is 11.2. The predicted octanol–water partition coefficient (Wildman–Crippen LogP) is 2.25. The minimum Gasteiger partial charge on any atom is -0.507 e. The van der Waals surface area contributed by atoms with E-state index in [1.54, 1.807) is 0 Å². The lowest BCUT2D eigenvalue weighted by atomic mass is 9.96. The van der Waals surface area contributed by atoms with E-state index in [0.717, 1.165) is 0 Å². The standard InChI is InChI=1S/C10H10BrNO3/c1-4-2-6(13)8-5(12-4)3-7(14)9(11)10(8)15/h3-4,12,14-15H,2H2,1H3. The van der Waals surface area contributed by atoms with Gasteiger partial charge in [0.15, 0.2) is 5.78 Å². The molecule has 2 rings (SSSR count). The van der Waals surface area contributed by atoms with Crippen molar-refractivity contribution >= 4 is 27.4 Å². The zero-order valence-corrected chi connectivity index (χ0v) is 9.63. The van der Waals surface area contributed by atoms with Crippen LogP contribution in [-0.2, 0) is 0 Å². The first-order valence-corrected chi connectivity index (χ1v) is 5.34. The monoisotopic (exact) mass is 271 g/mol. The van der Waals surface area contributed by atoms with E-state index in [2.05, 4.69) is 21.2 Å². The van der Waals surface area contributed by atoms with Gasteiger partial charge in [-0.2, -0.15) is 0 Å². The first-order chi connectivity index (χ1) is 7.00. The van der Waals surface area contributed by atoms with Crippen LogP contribution in [0.1, 0.15) is 23.7 Å². The van der Waals surface area contributed by atoms with Gasteiger partial charge in [-0.05, 0) is 22.9 Å². The molecule has 1 aliphatic heterocycles. The van der Waals surface area contributed by atoms with Crippen molar-refractivity contribution in [3.63, 3.8) is 0 Å². The van der Waals surface area contributed by atoms with Crippen LogP contribution in [0.2, 0.25) is 0 Å². The Balaban J connectivity index is 2.66. The fourth-order valence-corrected chi connectivity index (χ4v) is 2.04. The second-order valence-electron chi connectivity index (χ2n) is 3.65. The molecule has 1 aliphatic rings. The van der Waals surface area contributed by atoms with Crippen LogP contribution < -0.4 is 5.32 Å². The number of fused-ring (bicyclic) bond motifs is 1. The van der Waals surface area contributed by atoms with E-state index < -0.39 is 0 Å². The van der Waals surface area contributed by atoms with Crippen LogP contribution in [0.5, 0.6) is 11.5 Å². The van der Waals surface area contributed by atoms with Crippen molar-refractivity contribution in [3.05, 3.63) is 16.1 Å². The fourth-order valence-electron chi connectivity index (χ4n) is 1.72. The molecule has 1 unspecified atom stereocenters. The molecule has 0 spiro atoms. The Kier molecular flexibility index (Phi) is 2.34. The number of carbonyl (C=O) groups is 1. The summed E-state index contributed by atoms with van der Waals surface area (Å²) in [6.07, 6.45) is 0.345. The molecule has 80 valence electrons. The molecule has 0 aliphatic carbocycles. The highest BCUT2D eigenvalue weighted by molar-refractivity contribution is 9.10. The van der Waals surface area contributed by atoms with E-state index in [0.29, 0.717) is 12.1 Å². The number of rotatable bonds is 0. The highest BCUT2D eigenvalue weighted by Gasteiger charge is 2.27. The van der Waals surface area contributed by atoms with Crippen LogP contribution in [0.15, 0.2) is 10.5 Å². The van der Waals surface area contributed by atoms with E-state index in [1.807, 2.05) is 6.92 Å². The maximum absolute atomic E-state index is 11.7. The fraction of sp³-hybridized carbons (Fsp3) is 0.300. The van der Waals surface area contributed by atoms with Crippen molar-refractivity contribution in [1.82, 2.24) is 0 Å².